The Morgan fingerprint density at radius 3 is 1.93 bits per heavy atom. The second-order valence-corrected chi connectivity index (χ2v) is 8.47. The predicted molar refractivity (Wildman–Crippen MR) is 130 cm³/mol. The number of fused-ring (bicyclic) bond motifs is 4. The van der Waals surface area contributed by atoms with Gasteiger partial charge in [-0.05, 0) is 69.4 Å². The molecule has 30 heavy (non-hydrogen) atoms. The van der Waals surface area contributed by atoms with Gasteiger partial charge in [-0.3, -0.25) is 0 Å². The molecule has 0 unspecified atom stereocenters. The molecule has 0 amide bonds. The molecule has 0 fully saturated rings. The highest BCUT2D eigenvalue weighted by Gasteiger charge is 2.11. The number of rotatable bonds is 2. The van der Waals surface area contributed by atoms with Crippen LogP contribution in [0.5, 0.6) is 0 Å². The summed E-state index contributed by atoms with van der Waals surface area (Å²) in [6.07, 6.45) is 0. The molecule has 5 aromatic carbocycles. The Kier molecular flexibility index (Phi) is 4.00. The summed E-state index contributed by atoms with van der Waals surface area (Å²) in [5, 5.41) is 4.81. The summed E-state index contributed by atoms with van der Waals surface area (Å²) in [7, 11) is 0. The van der Waals surface area contributed by atoms with Gasteiger partial charge in [0.2, 0.25) is 0 Å². The minimum atomic E-state index is 0.918. The van der Waals surface area contributed by atoms with Crippen LogP contribution in [-0.4, -0.2) is 0 Å². The summed E-state index contributed by atoms with van der Waals surface area (Å²) in [6.45, 7) is 0. The van der Waals surface area contributed by atoms with E-state index in [0.29, 0.717) is 0 Å². The first-order chi connectivity index (χ1) is 14.8. The lowest BCUT2D eigenvalue weighted by Crippen LogP contribution is -1.81. The molecule has 0 radical (unpaired) electrons. The Morgan fingerprint density at radius 1 is 0.500 bits per heavy atom. The van der Waals surface area contributed by atoms with E-state index in [-0.39, 0.29) is 0 Å². The number of hydrogen-bond acceptors (Lipinski definition) is 1. The normalized spacial score (nSPS) is 11.5. The van der Waals surface area contributed by atoms with Crippen LogP contribution in [0.2, 0.25) is 0 Å². The lowest BCUT2D eigenvalue weighted by Gasteiger charge is -2.07. The molecule has 142 valence electrons. The molecule has 0 bridgehead atoms. The smallest absolute Gasteiger partial charge is 0.135 e. The zero-order valence-electron chi connectivity index (χ0n) is 16.1. The largest absolute Gasteiger partial charge is 0.456 e. The van der Waals surface area contributed by atoms with E-state index in [1.807, 2.05) is 0 Å². The van der Waals surface area contributed by atoms with Crippen LogP contribution < -0.4 is 0 Å². The van der Waals surface area contributed by atoms with Gasteiger partial charge in [0, 0.05) is 15.2 Å². The molecule has 1 nitrogen and oxygen atoms in total. The van der Waals surface area contributed by atoms with Crippen LogP contribution >= 0.6 is 15.9 Å². The standard InChI is InChI=1S/C28H17BrO/c29-22-12-8-18(9-13-22)20-10-14-27-25(16-20)26-17-21(11-15-28(26)30-27)24-7-3-5-19-4-1-2-6-23(19)24/h1-17H. The molecule has 1 heterocycles. The molecule has 0 saturated heterocycles. The maximum atomic E-state index is 6.13. The summed E-state index contributed by atoms with van der Waals surface area (Å²) in [4.78, 5) is 0. The topological polar surface area (TPSA) is 13.1 Å². The average molecular weight is 449 g/mol. The zero-order chi connectivity index (χ0) is 20.1. The van der Waals surface area contributed by atoms with Crippen molar-refractivity contribution >= 4 is 48.6 Å². The summed E-state index contributed by atoms with van der Waals surface area (Å²) >= 11 is 3.52. The highest BCUT2D eigenvalue weighted by molar-refractivity contribution is 9.10. The second-order valence-electron chi connectivity index (χ2n) is 7.56. The molecule has 6 rings (SSSR count). The van der Waals surface area contributed by atoms with Gasteiger partial charge in [0.05, 0.1) is 0 Å². The van der Waals surface area contributed by atoms with Crippen molar-refractivity contribution in [3.63, 3.8) is 0 Å². The van der Waals surface area contributed by atoms with Crippen molar-refractivity contribution in [3.05, 3.63) is 108 Å². The number of benzene rings is 5. The fourth-order valence-corrected chi connectivity index (χ4v) is 4.51. The van der Waals surface area contributed by atoms with Crippen LogP contribution in [0, 0.1) is 0 Å². The zero-order valence-corrected chi connectivity index (χ0v) is 17.7. The van der Waals surface area contributed by atoms with Crippen LogP contribution in [0.25, 0.3) is 55.0 Å². The van der Waals surface area contributed by atoms with Crippen molar-refractivity contribution in [3.8, 4) is 22.3 Å². The van der Waals surface area contributed by atoms with Gasteiger partial charge in [0.1, 0.15) is 11.2 Å². The molecule has 0 spiro atoms. The quantitative estimate of drug-likeness (QED) is 0.257. The molecule has 0 atom stereocenters. The van der Waals surface area contributed by atoms with Crippen molar-refractivity contribution in [2.24, 2.45) is 0 Å². The first-order valence-electron chi connectivity index (χ1n) is 9.97. The van der Waals surface area contributed by atoms with Crippen LogP contribution in [0.3, 0.4) is 0 Å². The monoisotopic (exact) mass is 448 g/mol. The lowest BCUT2D eigenvalue weighted by molar-refractivity contribution is 0.669. The van der Waals surface area contributed by atoms with Gasteiger partial charge in [-0.1, -0.05) is 82.7 Å². The Hall–Kier alpha value is -3.36. The van der Waals surface area contributed by atoms with Crippen molar-refractivity contribution in [2.45, 2.75) is 0 Å². The third-order valence-electron chi connectivity index (χ3n) is 5.75. The van der Waals surface area contributed by atoms with E-state index in [2.05, 4.69) is 119 Å². The molecule has 1 aromatic heterocycles. The molecule has 0 saturated carbocycles. The predicted octanol–water partition coefficient (Wildman–Crippen LogP) is 8.84. The summed E-state index contributed by atoms with van der Waals surface area (Å²) in [5.41, 5.74) is 6.67. The first-order valence-corrected chi connectivity index (χ1v) is 10.8. The van der Waals surface area contributed by atoms with Gasteiger partial charge in [0.25, 0.3) is 0 Å². The van der Waals surface area contributed by atoms with E-state index in [4.69, 9.17) is 4.42 Å². The molecule has 6 aromatic rings. The summed E-state index contributed by atoms with van der Waals surface area (Å²) < 4.78 is 7.22. The summed E-state index contributed by atoms with van der Waals surface area (Å²) in [6, 6.07) is 36.4. The maximum absolute atomic E-state index is 6.13. The van der Waals surface area contributed by atoms with Gasteiger partial charge < -0.3 is 4.42 Å². The fraction of sp³-hybridized carbons (Fsp3) is 0. The Morgan fingerprint density at radius 2 is 1.13 bits per heavy atom. The molecule has 2 heteroatoms. The minimum absolute atomic E-state index is 0.918. The van der Waals surface area contributed by atoms with E-state index in [1.165, 1.54) is 33.0 Å². The Bertz CT molecular complexity index is 1540. The van der Waals surface area contributed by atoms with Crippen molar-refractivity contribution < 1.29 is 4.42 Å². The van der Waals surface area contributed by atoms with Crippen LogP contribution in [0.4, 0.5) is 0 Å². The maximum Gasteiger partial charge on any atom is 0.135 e. The second kappa shape index (κ2) is 6.86. The Labute approximate surface area is 182 Å². The molecule has 0 aliphatic rings. The molecular weight excluding hydrogens is 432 g/mol. The van der Waals surface area contributed by atoms with Crippen LogP contribution in [0.15, 0.2) is 112 Å². The number of hydrogen-bond donors (Lipinski definition) is 0. The van der Waals surface area contributed by atoms with Crippen molar-refractivity contribution in [2.75, 3.05) is 0 Å². The van der Waals surface area contributed by atoms with Gasteiger partial charge in [-0.15, -0.1) is 0 Å². The molecule has 0 aliphatic carbocycles. The first kappa shape index (κ1) is 17.5. The van der Waals surface area contributed by atoms with Gasteiger partial charge >= 0.3 is 0 Å². The molecule has 0 aliphatic heterocycles. The van der Waals surface area contributed by atoms with E-state index < -0.39 is 0 Å². The number of halogens is 1. The van der Waals surface area contributed by atoms with E-state index in [0.717, 1.165) is 26.4 Å². The van der Waals surface area contributed by atoms with E-state index in [9.17, 15) is 0 Å². The molecule has 0 N–H and O–H groups in total. The molecular formula is C28H17BrO. The van der Waals surface area contributed by atoms with Crippen LogP contribution in [0.1, 0.15) is 0 Å². The van der Waals surface area contributed by atoms with E-state index in [1.54, 1.807) is 0 Å². The minimum Gasteiger partial charge on any atom is -0.456 e. The number of furan rings is 1. The lowest BCUT2D eigenvalue weighted by atomic mass is 9.96. The SMILES string of the molecule is Brc1ccc(-c2ccc3oc4ccc(-c5cccc6ccccc56)cc4c3c2)cc1. The van der Waals surface area contributed by atoms with Crippen molar-refractivity contribution in [1.29, 1.82) is 0 Å². The summed E-state index contributed by atoms with van der Waals surface area (Å²) in [5.74, 6) is 0. The third-order valence-corrected chi connectivity index (χ3v) is 6.28. The Balaban J connectivity index is 1.57. The van der Waals surface area contributed by atoms with Crippen LogP contribution in [-0.2, 0) is 0 Å². The highest BCUT2D eigenvalue weighted by atomic mass is 79.9. The average Bonchev–Trinajstić information content (AvgIpc) is 3.16. The highest BCUT2D eigenvalue weighted by Crippen LogP contribution is 2.36. The third kappa shape index (κ3) is 2.84. The van der Waals surface area contributed by atoms with Gasteiger partial charge in [-0.25, -0.2) is 0 Å². The van der Waals surface area contributed by atoms with Gasteiger partial charge in [0.15, 0.2) is 0 Å². The van der Waals surface area contributed by atoms with Crippen molar-refractivity contribution in [1.82, 2.24) is 0 Å². The fourth-order valence-electron chi connectivity index (χ4n) is 4.24. The van der Waals surface area contributed by atoms with E-state index >= 15 is 0 Å². The van der Waals surface area contributed by atoms with Gasteiger partial charge in [-0.2, -0.15) is 0 Å².